The standard InChI is InChI=1S/C5H5.Co/c1-2-4-5-3-1;/h1-5H;/q;+1. The van der Waals surface area contributed by atoms with E-state index in [1.807, 2.05) is 24.3 Å². The first-order valence-corrected chi connectivity index (χ1v) is 2.46. The Hall–Kier alpha value is -0.0135. The number of allylic oxidation sites excluding steroid dienone is 4. The fourth-order valence-electron chi connectivity index (χ4n) is 0.395. The van der Waals surface area contributed by atoms with E-state index < -0.39 is 0 Å². The molecular formula is C5H5Co+. The summed E-state index contributed by atoms with van der Waals surface area (Å²) in [4.78, 5) is 0.373. The van der Waals surface area contributed by atoms with Crippen LogP contribution in [-0.4, -0.2) is 0 Å². The van der Waals surface area contributed by atoms with Gasteiger partial charge in [0.2, 0.25) is 0 Å². The number of hydrogen-bond acceptors (Lipinski definition) is 0. The number of hydrogen-bond donors (Lipinski definition) is 0. The summed E-state index contributed by atoms with van der Waals surface area (Å²) in [6.45, 7) is 0. The molecule has 1 aliphatic carbocycles. The summed E-state index contributed by atoms with van der Waals surface area (Å²) >= 11 is 4.16. The Bertz CT molecular complexity index is 80.1. The zero-order valence-electron chi connectivity index (χ0n) is 3.22. The summed E-state index contributed by atoms with van der Waals surface area (Å²) < 4.78 is 0. The van der Waals surface area contributed by atoms with Crippen LogP contribution < -0.4 is 0 Å². The summed E-state index contributed by atoms with van der Waals surface area (Å²) in [6, 6.07) is 0. The van der Waals surface area contributed by atoms with Crippen molar-refractivity contribution < 1.29 is 15.7 Å². The Morgan fingerprint density at radius 1 is 1.17 bits per heavy atom. The van der Waals surface area contributed by atoms with Gasteiger partial charge in [0.15, 0.2) is 0 Å². The Labute approximate surface area is 45.5 Å². The summed E-state index contributed by atoms with van der Waals surface area (Å²) in [6.07, 6.45) is 8.05. The Morgan fingerprint density at radius 2 is 1.67 bits per heavy atom. The van der Waals surface area contributed by atoms with E-state index in [4.69, 9.17) is 0 Å². The number of rotatable bonds is 0. The molecule has 0 aromatic carbocycles. The monoisotopic (exact) mass is 124 g/mol. The first-order chi connectivity index (χ1) is 2.89. The van der Waals surface area contributed by atoms with Crippen LogP contribution in [0.1, 0.15) is 0 Å². The van der Waals surface area contributed by atoms with Crippen LogP contribution in [0.15, 0.2) is 24.3 Å². The van der Waals surface area contributed by atoms with Crippen molar-refractivity contribution in [2.24, 2.45) is 0 Å². The molecule has 1 aliphatic rings. The zero-order valence-corrected chi connectivity index (χ0v) is 4.26. The van der Waals surface area contributed by atoms with Gasteiger partial charge in [0.05, 0.1) is 0 Å². The molecule has 0 heterocycles. The molecule has 0 aromatic heterocycles. The van der Waals surface area contributed by atoms with E-state index in [9.17, 15) is 0 Å². The van der Waals surface area contributed by atoms with Gasteiger partial charge in [-0.05, 0) is 0 Å². The van der Waals surface area contributed by atoms with Crippen molar-refractivity contribution in [3.05, 3.63) is 24.3 Å². The molecule has 0 saturated carbocycles. The summed E-state index contributed by atoms with van der Waals surface area (Å²) in [7, 11) is 0. The second kappa shape index (κ2) is 1.62. The topological polar surface area (TPSA) is 0 Å². The molecular weight excluding hydrogens is 119 g/mol. The molecule has 0 amide bonds. The van der Waals surface area contributed by atoms with Crippen molar-refractivity contribution in [1.29, 1.82) is 0 Å². The summed E-state index contributed by atoms with van der Waals surface area (Å²) in [5.74, 6) is 0. The molecule has 0 spiro atoms. The third-order valence-corrected chi connectivity index (χ3v) is 1.08. The average Bonchev–Trinajstić information content (AvgIpc) is 1.86. The van der Waals surface area contributed by atoms with Crippen LogP contribution in [-0.2, 0) is 15.7 Å². The Kier molecular flexibility index (Phi) is 1.12. The van der Waals surface area contributed by atoms with E-state index in [0.717, 1.165) is 0 Å². The van der Waals surface area contributed by atoms with Crippen LogP contribution in [0.25, 0.3) is 0 Å². The minimum absolute atomic E-state index is 0.373. The third kappa shape index (κ3) is 0.728. The molecule has 0 bridgehead atoms. The normalized spacial score (nSPS) is 20.2. The van der Waals surface area contributed by atoms with Crippen LogP contribution in [0.3, 0.4) is 0 Å². The molecule has 0 unspecified atom stereocenters. The third-order valence-electron chi connectivity index (χ3n) is 0.684. The van der Waals surface area contributed by atoms with E-state index in [-0.39, 0.29) is 0 Å². The van der Waals surface area contributed by atoms with Crippen LogP contribution in [0.4, 0.5) is 0 Å². The Balaban J connectivity index is 2.60. The van der Waals surface area contributed by atoms with Crippen molar-refractivity contribution in [3.8, 4) is 0 Å². The second-order valence-corrected chi connectivity index (χ2v) is 1.88. The van der Waals surface area contributed by atoms with Gasteiger partial charge >= 0.3 is 44.9 Å². The zero-order chi connectivity index (χ0) is 4.41. The average molecular weight is 124 g/mol. The van der Waals surface area contributed by atoms with Gasteiger partial charge < -0.3 is 0 Å². The van der Waals surface area contributed by atoms with Crippen molar-refractivity contribution >= 4 is 0 Å². The van der Waals surface area contributed by atoms with Crippen molar-refractivity contribution in [2.75, 3.05) is 0 Å². The van der Waals surface area contributed by atoms with E-state index in [0.29, 0.717) is 4.85 Å². The molecule has 1 heteroatoms. The van der Waals surface area contributed by atoms with E-state index in [2.05, 4.69) is 15.7 Å². The van der Waals surface area contributed by atoms with Crippen molar-refractivity contribution in [2.45, 2.75) is 4.85 Å². The Morgan fingerprint density at radius 3 is 1.83 bits per heavy atom. The molecule has 0 atom stereocenters. The van der Waals surface area contributed by atoms with Gasteiger partial charge in [-0.2, -0.15) is 0 Å². The van der Waals surface area contributed by atoms with Crippen LogP contribution >= 0.6 is 0 Å². The van der Waals surface area contributed by atoms with Crippen LogP contribution in [0, 0.1) is 0 Å². The minimum atomic E-state index is 0.373. The second-order valence-electron chi connectivity index (χ2n) is 1.18. The molecule has 0 saturated heterocycles. The van der Waals surface area contributed by atoms with E-state index >= 15 is 0 Å². The van der Waals surface area contributed by atoms with Crippen LogP contribution in [0.2, 0.25) is 4.85 Å². The molecule has 33 valence electrons. The molecule has 1 rings (SSSR count). The van der Waals surface area contributed by atoms with Crippen LogP contribution in [0.5, 0.6) is 0 Å². The molecule has 0 N–H and O–H groups in total. The molecule has 0 fully saturated rings. The molecule has 0 aliphatic heterocycles. The van der Waals surface area contributed by atoms with Gasteiger partial charge in [-0.25, -0.2) is 0 Å². The fourth-order valence-corrected chi connectivity index (χ4v) is 0.626. The van der Waals surface area contributed by atoms with E-state index in [1.54, 1.807) is 0 Å². The summed E-state index contributed by atoms with van der Waals surface area (Å²) in [5, 5.41) is 0. The quantitative estimate of drug-likeness (QED) is 0.458. The molecule has 0 aromatic rings. The van der Waals surface area contributed by atoms with Gasteiger partial charge in [0.1, 0.15) is 0 Å². The molecule has 0 nitrogen and oxygen atoms in total. The van der Waals surface area contributed by atoms with Gasteiger partial charge in [0, 0.05) is 0 Å². The first-order valence-electron chi connectivity index (χ1n) is 1.86. The molecule has 0 radical (unpaired) electrons. The fraction of sp³-hybridized carbons (Fsp3) is 0.200. The van der Waals surface area contributed by atoms with Gasteiger partial charge in [-0.15, -0.1) is 0 Å². The van der Waals surface area contributed by atoms with E-state index in [1.165, 1.54) is 0 Å². The molecule has 6 heavy (non-hydrogen) atoms. The van der Waals surface area contributed by atoms with Crippen molar-refractivity contribution in [1.82, 2.24) is 0 Å². The van der Waals surface area contributed by atoms with Gasteiger partial charge in [-0.1, -0.05) is 0 Å². The maximum atomic E-state index is 4.16. The van der Waals surface area contributed by atoms with Gasteiger partial charge in [-0.3, -0.25) is 0 Å². The van der Waals surface area contributed by atoms with Crippen molar-refractivity contribution in [3.63, 3.8) is 0 Å². The predicted molar refractivity (Wildman–Crippen MR) is 22.0 cm³/mol. The maximum absolute atomic E-state index is 4.16. The SMILES string of the molecule is [Co+][CH]1C=CC=C1. The first kappa shape index (κ1) is 4.15. The predicted octanol–water partition coefficient (Wildman–Crippen LogP) is 1.45. The summed E-state index contributed by atoms with van der Waals surface area (Å²) in [5.41, 5.74) is 0. The van der Waals surface area contributed by atoms with Gasteiger partial charge in [0.25, 0.3) is 0 Å².